The number of carbonyl (C=O) groups is 2. The second kappa shape index (κ2) is 6.43. The molecule has 0 aliphatic heterocycles. The van der Waals surface area contributed by atoms with Gasteiger partial charge in [0.1, 0.15) is 5.69 Å². The number of hydrogen-bond acceptors (Lipinski definition) is 4. The Morgan fingerprint density at radius 3 is 2.64 bits per heavy atom. The Kier molecular flexibility index (Phi) is 4.60. The Morgan fingerprint density at radius 1 is 1.32 bits per heavy atom. The molecule has 0 saturated heterocycles. The lowest BCUT2D eigenvalue weighted by Gasteiger charge is -2.08. The maximum atomic E-state index is 12.3. The molecule has 2 N–H and O–H groups in total. The lowest BCUT2D eigenvalue weighted by Crippen LogP contribution is -2.15. The largest absolute Gasteiger partial charge is 0.459 e. The molecule has 2 rings (SSSR count). The molecule has 2 aromatic heterocycles. The fraction of sp³-hybridized carbons (Fsp3) is 0.312. The molecule has 0 aliphatic rings. The molecule has 0 fully saturated rings. The maximum absolute atomic E-state index is 12.3. The number of hydrogen-bond donors (Lipinski definition) is 2. The SMILES string of the molecule is Cc1[nH]c(C(=O)Nc2cccnc2)c(C)c1C(=O)OC(C)C. The summed E-state index contributed by atoms with van der Waals surface area (Å²) in [5.41, 5.74) is 2.52. The molecular formula is C16H19N3O3. The van der Waals surface area contributed by atoms with E-state index in [1.807, 2.05) is 0 Å². The van der Waals surface area contributed by atoms with Gasteiger partial charge in [0, 0.05) is 11.9 Å². The topological polar surface area (TPSA) is 84.1 Å². The minimum Gasteiger partial charge on any atom is -0.459 e. The summed E-state index contributed by atoms with van der Waals surface area (Å²) in [5.74, 6) is -0.751. The minimum atomic E-state index is -0.429. The lowest BCUT2D eigenvalue weighted by atomic mass is 10.1. The molecule has 2 heterocycles. The predicted octanol–water partition coefficient (Wildman–Crippen LogP) is 2.84. The first-order chi connectivity index (χ1) is 10.4. The Hall–Kier alpha value is -2.63. The Morgan fingerprint density at radius 2 is 2.05 bits per heavy atom. The summed E-state index contributed by atoms with van der Waals surface area (Å²) in [5, 5.41) is 2.73. The first-order valence-corrected chi connectivity index (χ1v) is 7.01. The van der Waals surface area contributed by atoms with Crippen LogP contribution in [0.3, 0.4) is 0 Å². The van der Waals surface area contributed by atoms with Crippen molar-refractivity contribution in [2.24, 2.45) is 0 Å². The number of pyridine rings is 1. The molecule has 22 heavy (non-hydrogen) atoms. The van der Waals surface area contributed by atoms with E-state index in [-0.39, 0.29) is 12.0 Å². The van der Waals surface area contributed by atoms with E-state index in [4.69, 9.17) is 4.74 Å². The number of aryl methyl sites for hydroxylation is 1. The normalized spacial score (nSPS) is 10.6. The Labute approximate surface area is 128 Å². The van der Waals surface area contributed by atoms with Crippen molar-refractivity contribution in [3.63, 3.8) is 0 Å². The molecule has 0 aromatic carbocycles. The number of nitrogens with one attached hydrogen (secondary N) is 2. The third-order valence-corrected chi connectivity index (χ3v) is 3.13. The van der Waals surface area contributed by atoms with E-state index in [9.17, 15) is 9.59 Å². The average molecular weight is 301 g/mol. The fourth-order valence-corrected chi connectivity index (χ4v) is 2.19. The van der Waals surface area contributed by atoms with Crippen LogP contribution in [0, 0.1) is 13.8 Å². The standard InChI is InChI=1S/C16H19N3O3/c1-9(2)22-16(21)13-10(3)14(18-11(13)4)15(20)19-12-6-5-7-17-8-12/h5-9,18H,1-4H3,(H,19,20). The zero-order valence-corrected chi connectivity index (χ0v) is 13.1. The van der Waals surface area contributed by atoms with Crippen molar-refractivity contribution in [3.05, 3.63) is 47.0 Å². The van der Waals surface area contributed by atoms with Crippen LogP contribution in [0.1, 0.15) is 46.0 Å². The van der Waals surface area contributed by atoms with E-state index in [1.165, 1.54) is 0 Å². The summed E-state index contributed by atoms with van der Waals surface area (Å²) in [4.78, 5) is 31.3. The van der Waals surface area contributed by atoms with Crippen LogP contribution in [0.5, 0.6) is 0 Å². The summed E-state index contributed by atoms with van der Waals surface area (Å²) >= 11 is 0. The van der Waals surface area contributed by atoms with Crippen LogP contribution in [0.15, 0.2) is 24.5 Å². The fourth-order valence-electron chi connectivity index (χ4n) is 2.19. The van der Waals surface area contributed by atoms with Gasteiger partial charge >= 0.3 is 5.97 Å². The minimum absolute atomic E-state index is 0.214. The molecule has 0 spiro atoms. The number of nitrogens with zero attached hydrogens (tertiary/aromatic N) is 1. The number of rotatable bonds is 4. The van der Waals surface area contributed by atoms with Gasteiger partial charge in [0.05, 0.1) is 23.6 Å². The first kappa shape index (κ1) is 15.8. The molecular weight excluding hydrogens is 282 g/mol. The van der Waals surface area contributed by atoms with Gasteiger partial charge in [-0.2, -0.15) is 0 Å². The maximum Gasteiger partial charge on any atom is 0.340 e. The highest BCUT2D eigenvalue weighted by atomic mass is 16.5. The van der Waals surface area contributed by atoms with E-state index >= 15 is 0 Å². The molecule has 0 atom stereocenters. The molecule has 0 bridgehead atoms. The Balaban J connectivity index is 2.26. The third-order valence-electron chi connectivity index (χ3n) is 3.13. The molecule has 0 radical (unpaired) electrons. The summed E-state index contributed by atoms with van der Waals surface area (Å²) < 4.78 is 5.21. The smallest absolute Gasteiger partial charge is 0.340 e. The van der Waals surface area contributed by atoms with Gasteiger partial charge in [0.15, 0.2) is 0 Å². The number of carbonyl (C=O) groups excluding carboxylic acids is 2. The van der Waals surface area contributed by atoms with Crippen molar-refractivity contribution >= 4 is 17.6 Å². The number of esters is 1. The van der Waals surface area contributed by atoms with E-state index in [0.29, 0.717) is 28.2 Å². The van der Waals surface area contributed by atoms with Crippen LogP contribution in [0.4, 0.5) is 5.69 Å². The highest BCUT2D eigenvalue weighted by molar-refractivity contribution is 6.06. The second-order valence-corrected chi connectivity index (χ2v) is 5.27. The molecule has 6 nitrogen and oxygen atoms in total. The van der Waals surface area contributed by atoms with Crippen molar-refractivity contribution in [2.75, 3.05) is 5.32 Å². The molecule has 0 aliphatic carbocycles. The van der Waals surface area contributed by atoms with Crippen molar-refractivity contribution in [3.8, 4) is 0 Å². The molecule has 0 saturated carbocycles. The zero-order valence-electron chi connectivity index (χ0n) is 13.1. The van der Waals surface area contributed by atoms with Crippen LogP contribution >= 0.6 is 0 Å². The molecule has 1 amide bonds. The van der Waals surface area contributed by atoms with Crippen molar-refractivity contribution in [1.29, 1.82) is 0 Å². The van der Waals surface area contributed by atoms with Gasteiger partial charge in [0.25, 0.3) is 5.91 Å². The second-order valence-electron chi connectivity index (χ2n) is 5.27. The van der Waals surface area contributed by atoms with E-state index in [0.717, 1.165) is 0 Å². The van der Waals surface area contributed by atoms with Crippen molar-refractivity contribution in [2.45, 2.75) is 33.8 Å². The van der Waals surface area contributed by atoms with Gasteiger partial charge < -0.3 is 15.0 Å². The first-order valence-electron chi connectivity index (χ1n) is 7.01. The van der Waals surface area contributed by atoms with E-state index in [1.54, 1.807) is 52.2 Å². The van der Waals surface area contributed by atoms with Crippen LogP contribution < -0.4 is 5.32 Å². The quantitative estimate of drug-likeness (QED) is 0.850. The van der Waals surface area contributed by atoms with E-state index in [2.05, 4.69) is 15.3 Å². The molecule has 0 unspecified atom stereocenters. The number of amides is 1. The van der Waals surface area contributed by atoms with Crippen molar-refractivity contribution in [1.82, 2.24) is 9.97 Å². The molecule has 2 aromatic rings. The summed E-state index contributed by atoms with van der Waals surface area (Å²) in [6, 6.07) is 3.47. The summed E-state index contributed by atoms with van der Waals surface area (Å²) in [6.45, 7) is 7.03. The molecule has 6 heteroatoms. The van der Waals surface area contributed by atoms with Gasteiger partial charge in [-0.25, -0.2) is 4.79 Å². The Bertz CT molecular complexity index is 690. The van der Waals surface area contributed by atoms with Crippen molar-refractivity contribution < 1.29 is 14.3 Å². The average Bonchev–Trinajstić information content (AvgIpc) is 2.74. The third kappa shape index (κ3) is 3.33. The van der Waals surface area contributed by atoms with Crippen LogP contribution in [0.2, 0.25) is 0 Å². The van der Waals surface area contributed by atoms with Crippen LogP contribution in [0.25, 0.3) is 0 Å². The number of aromatic amines is 1. The lowest BCUT2D eigenvalue weighted by molar-refractivity contribution is 0.0376. The van der Waals surface area contributed by atoms with Crippen LogP contribution in [-0.2, 0) is 4.74 Å². The highest BCUT2D eigenvalue weighted by Gasteiger charge is 2.23. The monoisotopic (exact) mass is 301 g/mol. The number of H-pyrrole nitrogens is 1. The van der Waals surface area contributed by atoms with Gasteiger partial charge in [-0.1, -0.05) is 0 Å². The van der Waals surface area contributed by atoms with Gasteiger partial charge in [-0.05, 0) is 45.4 Å². The summed E-state index contributed by atoms with van der Waals surface area (Å²) in [7, 11) is 0. The van der Waals surface area contributed by atoms with Crippen LogP contribution in [-0.4, -0.2) is 27.9 Å². The number of anilines is 1. The zero-order chi connectivity index (χ0) is 16.3. The number of ether oxygens (including phenoxy) is 1. The summed E-state index contributed by atoms with van der Waals surface area (Å²) in [6.07, 6.45) is 2.96. The van der Waals surface area contributed by atoms with Gasteiger partial charge in [0.2, 0.25) is 0 Å². The predicted molar refractivity (Wildman–Crippen MR) is 83.0 cm³/mol. The number of aromatic nitrogens is 2. The molecule has 116 valence electrons. The van der Waals surface area contributed by atoms with Gasteiger partial charge in [-0.15, -0.1) is 0 Å². The van der Waals surface area contributed by atoms with E-state index < -0.39 is 5.97 Å². The van der Waals surface area contributed by atoms with Gasteiger partial charge in [-0.3, -0.25) is 9.78 Å². The highest BCUT2D eigenvalue weighted by Crippen LogP contribution is 2.20.